The van der Waals surface area contributed by atoms with E-state index in [9.17, 15) is 5.26 Å². The van der Waals surface area contributed by atoms with Crippen LogP contribution in [0, 0.1) is 11.3 Å². The zero-order valence-electron chi connectivity index (χ0n) is 28.5. The first-order chi connectivity index (χ1) is 26.1. The molecule has 0 atom stereocenters. The average Bonchev–Trinajstić information content (AvgIpc) is 3.74. The van der Waals surface area contributed by atoms with E-state index in [1.54, 1.807) is 16.7 Å². The maximum Gasteiger partial charge on any atom is 0.238 e. The Morgan fingerprint density at radius 2 is 0.981 bits per heavy atom. The largest absolute Gasteiger partial charge is 0.309 e. The van der Waals surface area contributed by atoms with Crippen LogP contribution in [0.4, 0.5) is 0 Å². The van der Waals surface area contributed by atoms with Gasteiger partial charge in [0.25, 0.3) is 0 Å². The van der Waals surface area contributed by atoms with Crippen molar-refractivity contribution in [3.05, 3.63) is 103 Å². The van der Waals surface area contributed by atoms with Gasteiger partial charge in [0.05, 0.1) is 28.4 Å². The molecule has 0 aliphatic rings. The highest BCUT2D eigenvalue weighted by Gasteiger charge is 2.25. The first kappa shape index (κ1) is 33.8. The van der Waals surface area contributed by atoms with E-state index in [4.69, 9.17) is 77.7 Å². The molecule has 9 aromatic rings. The number of nitrogens with zero attached hydrogens (tertiary/aromatic N) is 6. The van der Waals surface area contributed by atoms with Gasteiger partial charge in [0.1, 0.15) is 62.8 Å². The molecule has 16 radical (unpaired) electrons. The van der Waals surface area contributed by atoms with E-state index >= 15 is 0 Å². The van der Waals surface area contributed by atoms with E-state index in [1.807, 2.05) is 89.5 Å². The number of rotatable bonds is 4. The molecule has 3 aromatic heterocycles. The molecule has 0 amide bonds. The number of aromatic nitrogens is 5. The van der Waals surface area contributed by atoms with E-state index in [0.29, 0.717) is 55.4 Å². The van der Waals surface area contributed by atoms with Crippen LogP contribution in [0.2, 0.25) is 0 Å². The summed E-state index contributed by atoms with van der Waals surface area (Å²) < 4.78 is 3.75. The van der Waals surface area contributed by atoms with E-state index in [1.165, 1.54) is 0 Å². The molecule has 9 rings (SSSR count). The fourth-order valence-corrected chi connectivity index (χ4v) is 7.38. The first-order valence-corrected chi connectivity index (χ1v) is 16.8. The molecule has 54 heavy (non-hydrogen) atoms. The highest BCUT2D eigenvalue weighted by atomic mass is 15.2. The Hall–Kier alpha value is -6.06. The van der Waals surface area contributed by atoms with Crippen molar-refractivity contribution in [2.24, 2.45) is 0 Å². The van der Waals surface area contributed by atoms with Gasteiger partial charge in [-0.3, -0.25) is 4.57 Å². The molecule has 230 valence electrons. The minimum absolute atomic E-state index is 0.147. The number of benzene rings is 6. The smallest absolute Gasteiger partial charge is 0.238 e. The predicted octanol–water partition coefficient (Wildman–Crippen LogP) is -0.378. The summed E-state index contributed by atoms with van der Waals surface area (Å²) in [6, 6.07) is 32.3. The fourth-order valence-electron chi connectivity index (χ4n) is 7.38. The molecule has 0 saturated carbocycles. The van der Waals surface area contributed by atoms with Crippen molar-refractivity contribution in [3.63, 3.8) is 0 Å². The summed E-state index contributed by atoms with van der Waals surface area (Å²) in [5.41, 5.74) is 6.43. The number of hydrogen-bond donors (Lipinski definition) is 0. The van der Waals surface area contributed by atoms with Crippen molar-refractivity contribution < 1.29 is 0 Å². The Labute approximate surface area is 321 Å². The lowest BCUT2D eigenvalue weighted by atomic mass is 9.65. The molecule has 14 heteroatoms. The minimum Gasteiger partial charge on any atom is -0.309 e. The van der Waals surface area contributed by atoms with Gasteiger partial charge >= 0.3 is 0 Å². The molecule has 6 aromatic carbocycles. The Balaban J connectivity index is 1.44. The number of hydrogen-bond acceptors (Lipinski definition) is 4. The third-order valence-electron chi connectivity index (χ3n) is 10.0. The summed E-state index contributed by atoms with van der Waals surface area (Å²) in [5, 5.41) is 13.0. The predicted molar refractivity (Wildman–Crippen MR) is 227 cm³/mol. The average molecular weight is 667 g/mol. The molecule has 0 saturated heterocycles. The summed E-state index contributed by atoms with van der Waals surface area (Å²) in [7, 11) is 52.4. The van der Waals surface area contributed by atoms with Gasteiger partial charge in [0.2, 0.25) is 5.95 Å². The zero-order valence-corrected chi connectivity index (χ0v) is 28.5. The molecule has 3 heterocycles. The Kier molecular flexibility index (Phi) is 7.83. The van der Waals surface area contributed by atoms with Crippen LogP contribution >= 0.6 is 0 Å². The monoisotopic (exact) mass is 668 g/mol. The second-order valence-electron chi connectivity index (χ2n) is 13.0. The molecular formula is C40H16B8N6. The van der Waals surface area contributed by atoms with Crippen LogP contribution in [0.3, 0.4) is 0 Å². The van der Waals surface area contributed by atoms with Crippen LogP contribution in [0.25, 0.3) is 78.0 Å². The topological polar surface area (TPSA) is 72.3 Å². The van der Waals surface area contributed by atoms with Crippen LogP contribution in [0.15, 0.2) is 97.1 Å². The molecular weight excluding hydrogens is 651 g/mol. The molecule has 0 unspecified atom stereocenters. The number of fused-ring (bicyclic) bond motifs is 6. The summed E-state index contributed by atoms with van der Waals surface area (Å²) in [4.78, 5) is 15.2. The Morgan fingerprint density at radius 3 is 1.57 bits per heavy atom. The summed E-state index contributed by atoms with van der Waals surface area (Å²) in [5.74, 6) is 0.817. The van der Waals surface area contributed by atoms with Crippen LogP contribution in [-0.2, 0) is 0 Å². The SMILES string of the molecule is [B]c1c([B])c([B])c2c(c1[B])c1ccccc1n2-c1nc(-c2ccccc2)nc(-c2cc(C#N)ccc2-n2c3ccccc3c3c([B])c([B])c([B])c([B])c32)n1. The van der Waals surface area contributed by atoms with Crippen molar-refractivity contribution in [1.29, 1.82) is 5.26 Å². The maximum atomic E-state index is 10.2. The molecule has 0 N–H and O–H groups in total. The minimum atomic E-state index is 0.147. The van der Waals surface area contributed by atoms with Crippen molar-refractivity contribution in [2.75, 3.05) is 0 Å². The Morgan fingerprint density at radius 1 is 0.481 bits per heavy atom. The van der Waals surface area contributed by atoms with Gasteiger partial charge in [0.15, 0.2) is 11.6 Å². The number of para-hydroxylation sites is 2. The highest BCUT2D eigenvalue weighted by Crippen LogP contribution is 2.36. The second-order valence-corrected chi connectivity index (χ2v) is 13.0. The second kappa shape index (κ2) is 12.5. The third kappa shape index (κ3) is 4.81. The molecule has 0 bridgehead atoms. The van der Waals surface area contributed by atoms with Crippen LogP contribution in [0.1, 0.15) is 5.56 Å². The number of nitriles is 1. The molecule has 0 spiro atoms. The first-order valence-electron chi connectivity index (χ1n) is 16.8. The Bertz CT molecular complexity index is 3110. The normalized spacial score (nSPS) is 11.5. The van der Waals surface area contributed by atoms with Crippen molar-refractivity contribution in [3.8, 4) is 40.5 Å². The van der Waals surface area contributed by atoms with E-state index in [2.05, 4.69) is 6.07 Å². The van der Waals surface area contributed by atoms with Crippen molar-refractivity contribution in [1.82, 2.24) is 24.1 Å². The molecule has 0 aliphatic heterocycles. The van der Waals surface area contributed by atoms with Gasteiger partial charge in [-0.25, -0.2) is 4.98 Å². The van der Waals surface area contributed by atoms with Gasteiger partial charge in [-0.2, -0.15) is 15.2 Å². The lowest BCUT2D eigenvalue weighted by Crippen LogP contribution is -2.48. The van der Waals surface area contributed by atoms with Crippen LogP contribution in [-0.4, -0.2) is 86.9 Å². The van der Waals surface area contributed by atoms with Gasteiger partial charge < -0.3 is 4.57 Å². The van der Waals surface area contributed by atoms with Gasteiger partial charge in [-0.1, -0.05) is 88.6 Å². The zero-order chi connectivity index (χ0) is 37.6. The van der Waals surface area contributed by atoms with Crippen LogP contribution in [0.5, 0.6) is 0 Å². The van der Waals surface area contributed by atoms with Gasteiger partial charge in [-0.15, -0.1) is 21.9 Å². The van der Waals surface area contributed by atoms with Crippen molar-refractivity contribution in [2.45, 2.75) is 0 Å². The van der Waals surface area contributed by atoms with E-state index < -0.39 is 0 Å². The highest BCUT2D eigenvalue weighted by molar-refractivity contribution is 6.68. The fraction of sp³-hybridized carbons (Fsp3) is 0. The van der Waals surface area contributed by atoms with Gasteiger partial charge in [-0.05, 0) is 41.1 Å². The lowest BCUT2D eigenvalue weighted by molar-refractivity contribution is 0.953. The van der Waals surface area contributed by atoms with Crippen LogP contribution < -0.4 is 43.7 Å². The molecule has 6 nitrogen and oxygen atoms in total. The maximum absolute atomic E-state index is 10.2. The van der Waals surface area contributed by atoms with E-state index in [-0.39, 0.29) is 50.0 Å². The summed E-state index contributed by atoms with van der Waals surface area (Å²) >= 11 is 0. The molecule has 0 fully saturated rings. The third-order valence-corrected chi connectivity index (χ3v) is 10.0. The standard InChI is InChI=1S/C40H16B8N6/c41-28-26-20-10-4-6-12-23(20)53(36(26)34(47)32(45)30(28)43)25-15-14-18(17-49)16-22(25)39-50-38(19-8-2-1-3-9-19)51-40(52-39)54-24-13-7-5-11-21(24)27-29(42)31(44)33(46)35(48)37(27)54/h1-16H. The van der Waals surface area contributed by atoms with Crippen molar-refractivity contribution >= 4 is 150 Å². The van der Waals surface area contributed by atoms with Gasteiger partial charge in [0, 0.05) is 32.9 Å². The summed E-state index contributed by atoms with van der Waals surface area (Å²) in [6.07, 6.45) is 0. The molecule has 0 aliphatic carbocycles. The lowest BCUT2D eigenvalue weighted by Gasteiger charge is -2.19. The van der Waals surface area contributed by atoms with E-state index in [0.717, 1.165) is 21.9 Å². The summed E-state index contributed by atoms with van der Waals surface area (Å²) in [6.45, 7) is 0. The quantitative estimate of drug-likeness (QED) is 0.241.